The monoisotopic (exact) mass is 374 g/mol. The van der Waals surface area contributed by atoms with Crippen LogP contribution in [0.25, 0.3) is 0 Å². The molecule has 2 aromatic carbocycles. The van der Waals surface area contributed by atoms with E-state index in [0.717, 1.165) is 11.1 Å². The average molecular weight is 375 g/mol. The SMILES string of the molecule is C[Si](C)(C)C#CC(=O)c1ccccc1C#Cc1ccccc1[Si](C)(C)C. The summed E-state index contributed by atoms with van der Waals surface area (Å²) in [6.45, 7) is 13.3. The lowest BCUT2D eigenvalue weighted by Gasteiger charge is -2.18. The molecule has 0 aliphatic heterocycles. The minimum atomic E-state index is -1.58. The van der Waals surface area contributed by atoms with Gasteiger partial charge in [-0.1, -0.05) is 81.5 Å². The summed E-state index contributed by atoms with van der Waals surface area (Å²) in [5.41, 5.74) is 5.54. The molecular weight excluding hydrogens is 348 g/mol. The Hall–Kier alpha value is -2.34. The maximum atomic E-state index is 12.5. The normalized spacial score (nSPS) is 11.0. The summed E-state index contributed by atoms with van der Waals surface area (Å²) in [5.74, 6) is 9.19. The van der Waals surface area contributed by atoms with Crippen LogP contribution in [0.3, 0.4) is 0 Å². The molecule has 0 aromatic heterocycles. The lowest BCUT2D eigenvalue weighted by atomic mass is 10.0. The molecule has 0 spiro atoms. The van der Waals surface area contributed by atoms with Gasteiger partial charge in [-0.15, -0.1) is 5.54 Å². The highest BCUT2D eigenvalue weighted by molar-refractivity contribution is 6.89. The van der Waals surface area contributed by atoms with Gasteiger partial charge in [0.25, 0.3) is 0 Å². The molecule has 132 valence electrons. The second-order valence-electron chi connectivity index (χ2n) is 8.42. The van der Waals surface area contributed by atoms with E-state index in [1.54, 1.807) is 0 Å². The Kier molecular flexibility index (Phi) is 6.08. The Morgan fingerprint density at radius 3 is 1.92 bits per heavy atom. The highest BCUT2D eigenvalue weighted by Gasteiger charge is 2.18. The lowest BCUT2D eigenvalue weighted by molar-refractivity contribution is 0.105. The molecule has 0 saturated heterocycles. The van der Waals surface area contributed by atoms with E-state index in [2.05, 4.69) is 80.8 Å². The van der Waals surface area contributed by atoms with Crippen LogP contribution >= 0.6 is 0 Å². The lowest BCUT2D eigenvalue weighted by Crippen LogP contribution is -2.39. The molecule has 0 aliphatic carbocycles. The molecule has 0 fully saturated rings. The highest BCUT2D eigenvalue weighted by atomic mass is 28.3. The predicted octanol–water partition coefficient (Wildman–Crippen LogP) is 4.70. The van der Waals surface area contributed by atoms with Crippen molar-refractivity contribution >= 4 is 27.1 Å². The van der Waals surface area contributed by atoms with E-state index in [4.69, 9.17) is 0 Å². The second kappa shape index (κ2) is 7.91. The van der Waals surface area contributed by atoms with E-state index in [-0.39, 0.29) is 5.78 Å². The van der Waals surface area contributed by atoms with Crippen LogP contribution < -0.4 is 5.19 Å². The van der Waals surface area contributed by atoms with Crippen LogP contribution in [-0.2, 0) is 0 Å². The minimum absolute atomic E-state index is 0.143. The Morgan fingerprint density at radius 2 is 1.31 bits per heavy atom. The molecule has 0 aliphatic rings. The quantitative estimate of drug-likeness (QED) is 0.423. The summed E-state index contributed by atoms with van der Waals surface area (Å²) in [6.07, 6.45) is 0. The van der Waals surface area contributed by atoms with Crippen molar-refractivity contribution < 1.29 is 4.79 Å². The van der Waals surface area contributed by atoms with Gasteiger partial charge in [-0.3, -0.25) is 4.79 Å². The zero-order valence-electron chi connectivity index (χ0n) is 16.5. The smallest absolute Gasteiger partial charge is 0.236 e. The van der Waals surface area contributed by atoms with Crippen molar-refractivity contribution in [3.05, 3.63) is 65.2 Å². The van der Waals surface area contributed by atoms with E-state index < -0.39 is 16.1 Å². The molecule has 0 bridgehead atoms. The van der Waals surface area contributed by atoms with Gasteiger partial charge < -0.3 is 0 Å². The van der Waals surface area contributed by atoms with E-state index in [9.17, 15) is 4.79 Å². The van der Waals surface area contributed by atoms with Gasteiger partial charge in [0.15, 0.2) is 0 Å². The molecule has 0 N–H and O–H groups in total. The average Bonchev–Trinajstić information content (AvgIpc) is 2.57. The fourth-order valence-corrected chi connectivity index (χ4v) is 4.52. The maximum Gasteiger partial charge on any atom is 0.236 e. The molecule has 0 atom stereocenters. The van der Waals surface area contributed by atoms with Crippen LogP contribution in [0.4, 0.5) is 0 Å². The Balaban J connectivity index is 2.44. The van der Waals surface area contributed by atoms with Crippen LogP contribution in [0, 0.1) is 23.3 Å². The van der Waals surface area contributed by atoms with Crippen molar-refractivity contribution in [2.45, 2.75) is 39.3 Å². The van der Waals surface area contributed by atoms with Crippen molar-refractivity contribution in [2.75, 3.05) is 0 Å². The Bertz CT molecular complexity index is 936. The van der Waals surface area contributed by atoms with Gasteiger partial charge in [-0.2, -0.15) is 0 Å². The molecule has 0 radical (unpaired) electrons. The molecule has 2 aromatic rings. The van der Waals surface area contributed by atoms with E-state index >= 15 is 0 Å². The number of rotatable bonds is 2. The van der Waals surface area contributed by atoms with Crippen molar-refractivity contribution in [1.29, 1.82) is 0 Å². The van der Waals surface area contributed by atoms with E-state index in [1.807, 2.05) is 30.3 Å². The third-order valence-corrected chi connectivity index (χ3v) is 6.72. The van der Waals surface area contributed by atoms with E-state index in [1.165, 1.54) is 5.19 Å². The highest BCUT2D eigenvalue weighted by Crippen LogP contribution is 2.10. The first-order valence-corrected chi connectivity index (χ1v) is 15.9. The first kappa shape index (κ1) is 20.0. The minimum Gasteiger partial charge on any atom is -0.279 e. The molecular formula is C23H26OSi2. The fraction of sp³-hybridized carbons (Fsp3) is 0.261. The predicted molar refractivity (Wildman–Crippen MR) is 117 cm³/mol. The summed E-state index contributed by atoms with van der Waals surface area (Å²) in [5, 5.41) is 1.34. The van der Waals surface area contributed by atoms with Gasteiger partial charge >= 0.3 is 0 Å². The number of benzene rings is 2. The van der Waals surface area contributed by atoms with Gasteiger partial charge in [-0.05, 0) is 29.3 Å². The summed E-state index contributed by atoms with van der Waals surface area (Å²) in [4.78, 5) is 12.5. The summed E-state index contributed by atoms with van der Waals surface area (Å²) in [7, 11) is -3.06. The van der Waals surface area contributed by atoms with Gasteiger partial charge in [0.2, 0.25) is 5.78 Å². The molecule has 0 unspecified atom stereocenters. The van der Waals surface area contributed by atoms with Crippen LogP contribution in [0.2, 0.25) is 39.3 Å². The van der Waals surface area contributed by atoms with Crippen molar-refractivity contribution in [2.24, 2.45) is 0 Å². The van der Waals surface area contributed by atoms with Crippen molar-refractivity contribution in [3.63, 3.8) is 0 Å². The molecule has 2 rings (SSSR count). The van der Waals surface area contributed by atoms with Crippen molar-refractivity contribution in [3.8, 4) is 23.3 Å². The molecule has 0 heterocycles. The summed E-state index contributed by atoms with van der Waals surface area (Å²) < 4.78 is 0. The number of Topliss-reactive ketones (excluding diaryl/α,β-unsaturated/α-hetero) is 1. The first-order valence-electron chi connectivity index (χ1n) is 8.86. The summed E-state index contributed by atoms with van der Waals surface area (Å²) in [6, 6.07) is 15.8. The number of carbonyl (C=O) groups excluding carboxylic acids is 1. The Labute approximate surface area is 159 Å². The topological polar surface area (TPSA) is 17.1 Å². The van der Waals surface area contributed by atoms with Crippen molar-refractivity contribution in [1.82, 2.24) is 0 Å². The van der Waals surface area contributed by atoms with Gasteiger partial charge in [0.05, 0.1) is 8.07 Å². The number of carbonyl (C=O) groups is 1. The molecule has 3 heteroatoms. The van der Waals surface area contributed by atoms with Crippen LogP contribution in [0.15, 0.2) is 48.5 Å². The third kappa shape index (κ3) is 5.59. The third-order valence-electron chi connectivity index (χ3n) is 3.79. The zero-order valence-corrected chi connectivity index (χ0v) is 18.5. The Morgan fingerprint density at radius 1 is 0.769 bits per heavy atom. The standard InChI is InChI=1S/C23H26OSi2/c1-25(2,3)18-17-22(24)21-13-9-7-11-19(21)15-16-20-12-8-10-14-23(20)26(4,5)6/h7-14H,1-6H3. The number of hydrogen-bond donors (Lipinski definition) is 0. The van der Waals surface area contributed by atoms with Crippen LogP contribution in [0.5, 0.6) is 0 Å². The summed E-state index contributed by atoms with van der Waals surface area (Å²) >= 11 is 0. The van der Waals surface area contributed by atoms with Gasteiger partial charge in [0, 0.05) is 16.7 Å². The molecule has 0 amide bonds. The molecule has 0 saturated carbocycles. The van der Waals surface area contributed by atoms with Gasteiger partial charge in [0.1, 0.15) is 8.07 Å². The fourth-order valence-electron chi connectivity index (χ4n) is 2.48. The molecule has 26 heavy (non-hydrogen) atoms. The maximum absolute atomic E-state index is 12.5. The van der Waals surface area contributed by atoms with Gasteiger partial charge in [-0.25, -0.2) is 0 Å². The van der Waals surface area contributed by atoms with Crippen LogP contribution in [-0.4, -0.2) is 21.9 Å². The van der Waals surface area contributed by atoms with E-state index in [0.29, 0.717) is 5.56 Å². The second-order valence-corrected chi connectivity index (χ2v) is 18.2. The number of ketones is 1. The first-order chi connectivity index (χ1) is 12.1. The van der Waals surface area contributed by atoms with Crippen LogP contribution in [0.1, 0.15) is 21.5 Å². The number of hydrogen-bond acceptors (Lipinski definition) is 1. The largest absolute Gasteiger partial charge is 0.279 e. The zero-order chi connectivity index (χ0) is 19.4. The molecule has 1 nitrogen and oxygen atoms in total.